The summed E-state index contributed by atoms with van der Waals surface area (Å²) in [6, 6.07) is 3.73. The molecule has 0 spiro atoms. The molecule has 2 rings (SSSR count). The molecule has 1 aromatic heterocycles. The molecule has 1 aliphatic rings. The van der Waals surface area contributed by atoms with Crippen LogP contribution in [0, 0.1) is 0 Å². The summed E-state index contributed by atoms with van der Waals surface area (Å²) in [4.78, 5) is 17.6. The van der Waals surface area contributed by atoms with Gasteiger partial charge in [-0.2, -0.15) is 0 Å². The van der Waals surface area contributed by atoms with Gasteiger partial charge in [0.25, 0.3) is 0 Å². The summed E-state index contributed by atoms with van der Waals surface area (Å²) in [5, 5.41) is 2.66. The fourth-order valence-electron chi connectivity index (χ4n) is 1.63. The van der Waals surface area contributed by atoms with Gasteiger partial charge in [0.1, 0.15) is 5.82 Å². The van der Waals surface area contributed by atoms with Crippen LogP contribution in [0.3, 0.4) is 0 Å². The van der Waals surface area contributed by atoms with Crippen molar-refractivity contribution in [2.75, 3.05) is 36.5 Å². The second kappa shape index (κ2) is 5.45. The maximum absolute atomic E-state index is 11.1. The molecule has 2 heterocycles. The van der Waals surface area contributed by atoms with Gasteiger partial charge in [-0.1, -0.05) is 6.58 Å². The Hall–Kier alpha value is -1.88. The van der Waals surface area contributed by atoms with E-state index < -0.39 is 0 Å². The number of carbonyl (C=O) groups is 1. The van der Waals surface area contributed by atoms with Gasteiger partial charge < -0.3 is 15.0 Å². The number of amides is 1. The number of morpholine rings is 1. The van der Waals surface area contributed by atoms with Gasteiger partial charge in [-0.25, -0.2) is 4.98 Å². The third kappa shape index (κ3) is 3.04. The standard InChI is InChI=1S/C12H15N3O2/c1-2-12(16)14-10-3-4-11(13-9-10)15-5-7-17-8-6-15/h2-4,9H,1,5-8H2,(H,14,16). The Balaban J connectivity index is 2.01. The van der Waals surface area contributed by atoms with Crippen molar-refractivity contribution in [2.24, 2.45) is 0 Å². The number of hydrogen-bond acceptors (Lipinski definition) is 4. The maximum Gasteiger partial charge on any atom is 0.247 e. The van der Waals surface area contributed by atoms with E-state index in [1.807, 2.05) is 12.1 Å². The summed E-state index contributed by atoms with van der Waals surface area (Å²) in [6.07, 6.45) is 2.88. The molecule has 1 saturated heterocycles. The lowest BCUT2D eigenvalue weighted by Gasteiger charge is -2.27. The summed E-state index contributed by atoms with van der Waals surface area (Å²) in [5.74, 6) is 0.677. The molecular weight excluding hydrogens is 218 g/mol. The predicted molar refractivity (Wildman–Crippen MR) is 66.1 cm³/mol. The minimum Gasteiger partial charge on any atom is -0.378 e. The molecule has 1 aliphatic heterocycles. The minimum absolute atomic E-state index is 0.231. The van der Waals surface area contributed by atoms with Crippen molar-refractivity contribution in [1.29, 1.82) is 0 Å². The molecule has 0 radical (unpaired) electrons. The zero-order valence-corrected chi connectivity index (χ0v) is 9.56. The van der Waals surface area contributed by atoms with Crippen molar-refractivity contribution in [2.45, 2.75) is 0 Å². The minimum atomic E-state index is -0.231. The average Bonchev–Trinajstić information content (AvgIpc) is 2.40. The largest absolute Gasteiger partial charge is 0.378 e. The van der Waals surface area contributed by atoms with Crippen molar-refractivity contribution in [3.63, 3.8) is 0 Å². The molecule has 0 aromatic carbocycles. The monoisotopic (exact) mass is 233 g/mol. The van der Waals surface area contributed by atoms with Crippen LogP contribution in [0.15, 0.2) is 31.0 Å². The molecule has 5 nitrogen and oxygen atoms in total. The van der Waals surface area contributed by atoms with Crippen molar-refractivity contribution < 1.29 is 9.53 Å². The van der Waals surface area contributed by atoms with Gasteiger partial charge in [-0.15, -0.1) is 0 Å². The quantitative estimate of drug-likeness (QED) is 0.793. The molecule has 1 amide bonds. The van der Waals surface area contributed by atoms with Crippen LogP contribution in [0.25, 0.3) is 0 Å². The van der Waals surface area contributed by atoms with Crippen LogP contribution in [-0.4, -0.2) is 37.2 Å². The second-order valence-corrected chi connectivity index (χ2v) is 3.70. The molecule has 1 N–H and O–H groups in total. The topological polar surface area (TPSA) is 54.5 Å². The van der Waals surface area contributed by atoms with Gasteiger partial charge in [0.15, 0.2) is 0 Å². The Morgan fingerprint density at radius 2 is 2.24 bits per heavy atom. The van der Waals surface area contributed by atoms with E-state index in [0.717, 1.165) is 32.1 Å². The van der Waals surface area contributed by atoms with E-state index in [2.05, 4.69) is 21.8 Å². The number of pyridine rings is 1. The van der Waals surface area contributed by atoms with E-state index in [4.69, 9.17) is 4.74 Å². The van der Waals surface area contributed by atoms with Crippen molar-refractivity contribution in [1.82, 2.24) is 4.98 Å². The van der Waals surface area contributed by atoms with Crippen LogP contribution in [0.2, 0.25) is 0 Å². The fraction of sp³-hybridized carbons (Fsp3) is 0.333. The molecule has 0 saturated carbocycles. The summed E-state index contributed by atoms with van der Waals surface area (Å²) in [5.41, 5.74) is 0.673. The molecule has 0 unspecified atom stereocenters. The normalized spacial score (nSPS) is 15.4. The number of hydrogen-bond donors (Lipinski definition) is 1. The summed E-state index contributed by atoms with van der Waals surface area (Å²) in [6.45, 7) is 6.56. The van der Waals surface area contributed by atoms with E-state index in [1.165, 1.54) is 6.08 Å². The Bertz CT molecular complexity index is 397. The number of carbonyl (C=O) groups excluding carboxylic acids is 1. The van der Waals surface area contributed by atoms with Crippen molar-refractivity contribution in [3.05, 3.63) is 31.0 Å². The number of anilines is 2. The SMILES string of the molecule is C=CC(=O)Nc1ccc(N2CCOCC2)nc1. The molecule has 0 atom stereocenters. The molecule has 17 heavy (non-hydrogen) atoms. The highest BCUT2D eigenvalue weighted by molar-refractivity contribution is 5.98. The summed E-state index contributed by atoms with van der Waals surface area (Å²) >= 11 is 0. The lowest BCUT2D eigenvalue weighted by atomic mass is 10.3. The molecule has 1 aromatic rings. The molecule has 0 bridgehead atoms. The summed E-state index contributed by atoms with van der Waals surface area (Å²) in [7, 11) is 0. The first-order chi connectivity index (χ1) is 8.29. The number of nitrogens with one attached hydrogen (secondary N) is 1. The second-order valence-electron chi connectivity index (χ2n) is 3.70. The van der Waals surface area contributed by atoms with Crippen LogP contribution < -0.4 is 10.2 Å². The first-order valence-corrected chi connectivity index (χ1v) is 5.52. The average molecular weight is 233 g/mol. The Morgan fingerprint density at radius 1 is 1.47 bits per heavy atom. The smallest absolute Gasteiger partial charge is 0.247 e. The number of ether oxygens (including phenoxy) is 1. The van der Waals surface area contributed by atoms with E-state index in [0.29, 0.717) is 5.69 Å². The van der Waals surface area contributed by atoms with Gasteiger partial charge in [-0.3, -0.25) is 4.79 Å². The third-order valence-electron chi connectivity index (χ3n) is 2.54. The highest BCUT2D eigenvalue weighted by atomic mass is 16.5. The van der Waals surface area contributed by atoms with E-state index in [9.17, 15) is 4.79 Å². The van der Waals surface area contributed by atoms with Crippen molar-refractivity contribution in [3.8, 4) is 0 Å². The highest BCUT2D eigenvalue weighted by Gasteiger charge is 2.11. The van der Waals surface area contributed by atoms with E-state index >= 15 is 0 Å². The molecular formula is C12H15N3O2. The predicted octanol–water partition coefficient (Wildman–Crippen LogP) is 1.04. The Morgan fingerprint density at radius 3 is 2.82 bits per heavy atom. The zero-order valence-electron chi connectivity index (χ0n) is 9.56. The van der Waals surface area contributed by atoms with Gasteiger partial charge in [-0.05, 0) is 18.2 Å². The van der Waals surface area contributed by atoms with E-state index in [-0.39, 0.29) is 5.91 Å². The third-order valence-corrected chi connectivity index (χ3v) is 2.54. The zero-order chi connectivity index (χ0) is 12.1. The molecule has 1 fully saturated rings. The van der Waals surface area contributed by atoms with Crippen LogP contribution in [0.4, 0.5) is 11.5 Å². The van der Waals surface area contributed by atoms with Gasteiger partial charge in [0.05, 0.1) is 25.1 Å². The number of rotatable bonds is 3. The van der Waals surface area contributed by atoms with E-state index in [1.54, 1.807) is 6.20 Å². The molecule has 0 aliphatic carbocycles. The Labute approximate surface area is 100 Å². The Kier molecular flexibility index (Phi) is 3.72. The molecule has 5 heteroatoms. The number of aromatic nitrogens is 1. The van der Waals surface area contributed by atoms with Gasteiger partial charge in [0.2, 0.25) is 5.91 Å². The van der Waals surface area contributed by atoms with Gasteiger partial charge in [0, 0.05) is 13.1 Å². The highest BCUT2D eigenvalue weighted by Crippen LogP contribution is 2.15. The fourth-order valence-corrected chi connectivity index (χ4v) is 1.63. The lowest BCUT2D eigenvalue weighted by molar-refractivity contribution is -0.111. The van der Waals surface area contributed by atoms with Crippen molar-refractivity contribution >= 4 is 17.4 Å². The lowest BCUT2D eigenvalue weighted by Crippen LogP contribution is -2.36. The van der Waals surface area contributed by atoms with Crippen LogP contribution in [-0.2, 0) is 9.53 Å². The van der Waals surface area contributed by atoms with Crippen LogP contribution >= 0.6 is 0 Å². The van der Waals surface area contributed by atoms with Crippen LogP contribution in [0.5, 0.6) is 0 Å². The number of nitrogens with zero attached hydrogens (tertiary/aromatic N) is 2. The van der Waals surface area contributed by atoms with Gasteiger partial charge >= 0.3 is 0 Å². The maximum atomic E-state index is 11.1. The first kappa shape index (κ1) is 11.6. The molecule has 90 valence electrons. The summed E-state index contributed by atoms with van der Waals surface area (Å²) < 4.78 is 5.27. The first-order valence-electron chi connectivity index (χ1n) is 5.52. The van der Waals surface area contributed by atoms with Crippen LogP contribution in [0.1, 0.15) is 0 Å².